The molecule has 1 rings (SSSR count). The van der Waals surface area contributed by atoms with Gasteiger partial charge in [0.05, 0.1) is 0 Å². The lowest BCUT2D eigenvalue weighted by Gasteiger charge is -2.26. The summed E-state index contributed by atoms with van der Waals surface area (Å²) in [5, 5.41) is 3.14. The number of hydrogen-bond acceptors (Lipinski definition) is 1. The number of aliphatic imine (C=N–C) groups is 1. The highest BCUT2D eigenvalue weighted by atomic mass is 15.1. The van der Waals surface area contributed by atoms with E-state index in [0.29, 0.717) is 12.0 Å². The first kappa shape index (κ1) is 7.38. The summed E-state index contributed by atoms with van der Waals surface area (Å²) in [6, 6.07) is 0.607. The number of nitrogens with two attached hydrogens (primary N) is 1. The van der Waals surface area contributed by atoms with E-state index in [1.165, 1.54) is 19.3 Å². The summed E-state index contributed by atoms with van der Waals surface area (Å²) in [5.74, 6) is 0.604. The van der Waals surface area contributed by atoms with Crippen LogP contribution in [0.25, 0.3) is 0 Å². The molecule has 1 aliphatic rings. The molecule has 0 saturated heterocycles. The van der Waals surface area contributed by atoms with Gasteiger partial charge >= 0.3 is 0 Å². The van der Waals surface area contributed by atoms with E-state index < -0.39 is 0 Å². The van der Waals surface area contributed by atoms with E-state index in [9.17, 15) is 0 Å². The zero-order valence-corrected chi connectivity index (χ0v) is 6.43. The Morgan fingerprint density at radius 3 is 2.80 bits per heavy atom. The molecule has 0 heterocycles. The lowest BCUT2D eigenvalue weighted by atomic mass is 9.93. The van der Waals surface area contributed by atoms with Crippen LogP contribution in [0, 0.1) is 0 Å². The molecule has 0 unspecified atom stereocenters. The maximum absolute atomic E-state index is 5.53. The Labute approximate surface area is 61.7 Å². The van der Waals surface area contributed by atoms with Crippen LogP contribution in [0.15, 0.2) is 4.99 Å². The van der Waals surface area contributed by atoms with Crippen LogP contribution < -0.4 is 11.1 Å². The molecule has 0 radical (unpaired) electrons. The molecule has 1 saturated carbocycles. The van der Waals surface area contributed by atoms with E-state index in [2.05, 4.69) is 10.3 Å². The average Bonchev–Trinajstić information content (AvgIpc) is 1.80. The van der Waals surface area contributed by atoms with Crippen molar-refractivity contribution in [3.05, 3.63) is 0 Å². The first-order valence-corrected chi connectivity index (χ1v) is 3.89. The van der Waals surface area contributed by atoms with Crippen LogP contribution in [0.1, 0.15) is 26.2 Å². The second-order valence-electron chi connectivity index (χ2n) is 2.63. The Balaban J connectivity index is 2.16. The van der Waals surface area contributed by atoms with Gasteiger partial charge in [-0.1, -0.05) is 0 Å². The highest BCUT2D eigenvalue weighted by molar-refractivity contribution is 5.78. The van der Waals surface area contributed by atoms with Gasteiger partial charge in [-0.15, -0.1) is 0 Å². The van der Waals surface area contributed by atoms with Gasteiger partial charge in [0.1, 0.15) is 0 Å². The van der Waals surface area contributed by atoms with Crippen LogP contribution in [0.5, 0.6) is 0 Å². The minimum atomic E-state index is 0.604. The fraction of sp³-hybridized carbons (Fsp3) is 0.857. The highest BCUT2D eigenvalue weighted by Crippen LogP contribution is 2.17. The predicted octanol–water partition coefficient (Wildman–Crippen LogP) is 0.463. The second kappa shape index (κ2) is 3.44. The molecule has 0 aromatic rings. The molecule has 0 aromatic heterocycles. The molecule has 10 heavy (non-hydrogen) atoms. The lowest BCUT2D eigenvalue weighted by Crippen LogP contribution is -2.43. The largest absolute Gasteiger partial charge is 0.370 e. The molecular formula is C7H15N3. The number of hydrogen-bond donors (Lipinski definition) is 2. The first-order chi connectivity index (χ1) is 4.83. The molecule has 1 fully saturated rings. The smallest absolute Gasteiger partial charge is 0.188 e. The Morgan fingerprint density at radius 1 is 1.70 bits per heavy atom. The van der Waals surface area contributed by atoms with Crippen molar-refractivity contribution in [3.63, 3.8) is 0 Å². The normalized spacial score (nSPS) is 20.3. The Kier molecular flexibility index (Phi) is 2.54. The van der Waals surface area contributed by atoms with Crippen LogP contribution in [0.4, 0.5) is 0 Å². The van der Waals surface area contributed by atoms with Crippen LogP contribution in [-0.2, 0) is 0 Å². The van der Waals surface area contributed by atoms with Crippen LogP contribution in [0.2, 0.25) is 0 Å². The fourth-order valence-electron chi connectivity index (χ4n) is 0.978. The minimum absolute atomic E-state index is 0.604. The summed E-state index contributed by atoms with van der Waals surface area (Å²) < 4.78 is 0. The quantitative estimate of drug-likeness (QED) is 0.433. The van der Waals surface area contributed by atoms with Gasteiger partial charge in [0.2, 0.25) is 0 Å². The summed E-state index contributed by atoms with van der Waals surface area (Å²) in [4.78, 5) is 4.03. The third-order valence-corrected chi connectivity index (χ3v) is 1.79. The molecule has 3 N–H and O–H groups in total. The topological polar surface area (TPSA) is 50.4 Å². The number of rotatable bonds is 2. The number of nitrogens with one attached hydrogen (secondary N) is 1. The van der Waals surface area contributed by atoms with Gasteiger partial charge in [0, 0.05) is 12.6 Å². The van der Waals surface area contributed by atoms with Gasteiger partial charge in [-0.25, -0.2) is 0 Å². The number of nitrogens with zero attached hydrogens (tertiary/aromatic N) is 1. The Bertz CT molecular complexity index is 127. The Hall–Kier alpha value is -0.730. The molecule has 0 atom stereocenters. The van der Waals surface area contributed by atoms with Crippen molar-refractivity contribution in [1.29, 1.82) is 0 Å². The maximum atomic E-state index is 5.53. The molecule has 0 aliphatic heterocycles. The fourth-order valence-corrected chi connectivity index (χ4v) is 0.978. The zero-order chi connectivity index (χ0) is 7.40. The minimum Gasteiger partial charge on any atom is -0.370 e. The highest BCUT2D eigenvalue weighted by Gasteiger charge is 2.16. The van der Waals surface area contributed by atoms with E-state index in [-0.39, 0.29) is 0 Å². The average molecular weight is 141 g/mol. The van der Waals surface area contributed by atoms with E-state index in [1.807, 2.05) is 6.92 Å². The van der Waals surface area contributed by atoms with Gasteiger partial charge in [-0.05, 0) is 26.2 Å². The molecule has 0 bridgehead atoms. The third-order valence-electron chi connectivity index (χ3n) is 1.79. The zero-order valence-electron chi connectivity index (χ0n) is 6.43. The molecule has 0 aromatic carbocycles. The van der Waals surface area contributed by atoms with Crippen LogP contribution in [0.3, 0.4) is 0 Å². The van der Waals surface area contributed by atoms with Gasteiger partial charge in [0.25, 0.3) is 0 Å². The van der Waals surface area contributed by atoms with Crippen molar-refractivity contribution >= 4 is 5.96 Å². The van der Waals surface area contributed by atoms with E-state index >= 15 is 0 Å². The molecule has 3 heteroatoms. The molecule has 58 valence electrons. The summed E-state index contributed by atoms with van der Waals surface area (Å²) in [6.07, 6.45) is 3.83. The second-order valence-corrected chi connectivity index (χ2v) is 2.63. The van der Waals surface area contributed by atoms with Crippen molar-refractivity contribution in [2.75, 3.05) is 6.54 Å². The van der Waals surface area contributed by atoms with Gasteiger partial charge in [-0.3, -0.25) is 4.99 Å². The lowest BCUT2D eigenvalue weighted by molar-refractivity contribution is 0.382. The summed E-state index contributed by atoms with van der Waals surface area (Å²) in [6.45, 7) is 2.75. The summed E-state index contributed by atoms with van der Waals surface area (Å²) in [7, 11) is 0. The van der Waals surface area contributed by atoms with Gasteiger partial charge in [-0.2, -0.15) is 0 Å². The molecule has 1 aliphatic carbocycles. The van der Waals surface area contributed by atoms with Crippen molar-refractivity contribution in [2.45, 2.75) is 32.2 Å². The predicted molar refractivity (Wildman–Crippen MR) is 42.9 cm³/mol. The maximum Gasteiger partial charge on any atom is 0.188 e. The summed E-state index contributed by atoms with van der Waals surface area (Å²) in [5.41, 5.74) is 5.53. The summed E-state index contributed by atoms with van der Waals surface area (Å²) >= 11 is 0. The van der Waals surface area contributed by atoms with Crippen molar-refractivity contribution in [3.8, 4) is 0 Å². The molecular weight excluding hydrogens is 126 g/mol. The first-order valence-electron chi connectivity index (χ1n) is 3.89. The SMILES string of the molecule is CCN=C(N)NC1CCC1. The van der Waals surface area contributed by atoms with E-state index in [4.69, 9.17) is 5.73 Å². The Morgan fingerprint density at radius 2 is 2.40 bits per heavy atom. The van der Waals surface area contributed by atoms with Gasteiger partial charge < -0.3 is 11.1 Å². The molecule has 0 spiro atoms. The molecule has 3 nitrogen and oxygen atoms in total. The standard InChI is InChI=1S/C7H15N3/c1-2-9-7(8)10-6-4-3-5-6/h6H,2-5H2,1H3,(H3,8,9,10). The van der Waals surface area contributed by atoms with Crippen LogP contribution in [-0.4, -0.2) is 18.5 Å². The van der Waals surface area contributed by atoms with Gasteiger partial charge in [0.15, 0.2) is 5.96 Å². The van der Waals surface area contributed by atoms with Crippen molar-refractivity contribution in [1.82, 2.24) is 5.32 Å². The van der Waals surface area contributed by atoms with Crippen molar-refractivity contribution in [2.24, 2.45) is 10.7 Å². The monoisotopic (exact) mass is 141 g/mol. The van der Waals surface area contributed by atoms with Crippen molar-refractivity contribution < 1.29 is 0 Å². The third kappa shape index (κ3) is 1.90. The van der Waals surface area contributed by atoms with E-state index in [0.717, 1.165) is 6.54 Å². The van der Waals surface area contributed by atoms with Crippen LogP contribution >= 0.6 is 0 Å². The number of guanidine groups is 1. The van der Waals surface area contributed by atoms with E-state index in [1.54, 1.807) is 0 Å². The molecule has 0 amide bonds.